The zero-order valence-electron chi connectivity index (χ0n) is 11.6. The Hall–Kier alpha value is -2.04. The van der Waals surface area contributed by atoms with Gasteiger partial charge in [0, 0.05) is 24.8 Å². The van der Waals surface area contributed by atoms with Crippen molar-refractivity contribution in [3.63, 3.8) is 0 Å². The largest absolute Gasteiger partial charge is 0.490 e. The lowest BCUT2D eigenvalue weighted by molar-refractivity contribution is -0.120. The summed E-state index contributed by atoms with van der Waals surface area (Å²) in [6.07, 6.45) is 6.01. The van der Waals surface area contributed by atoms with Gasteiger partial charge in [-0.1, -0.05) is 0 Å². The molecule has 0 unspecified atom stereocenters. The van der Waals surface area contributed by atoms with Crippen LogP contribution in [-0.4, -0.2) is 28.3 Å². The number of fused-ring (bicyclic) bond motifs is 1. The van der Waals surface area contributed by atoms with E-state index in [0.717, 1.165) is 42.3 Å². The molecule has 1 aliphatic rings. The number of rotatable bonds is 3. The lowest BCUT2D eigenvalue weighted by Gasteiger charge is -2.29. The van der Waals surface area contributed by atoms with Crippen LogP contribution in [0.15, 0.2) is 24.4 Å². The van der Waals surface area contributed by atoms with E-state index in [1.54, 1.807) is 13.1 Å². The van der Waals surface area contributed by atoms with Crippen LogP contribution in [0.3, 0.4) is 0 Å². The molecule has 1 aliphatic carbocycles. The summed E-state index contributed by atoms with van der Waals surface area (Å²) >= 11 is 0. The van der Waals surface area contributed by atoms with E-state index < -0.39 is 0 Å². The van der Waals surface area contributed by atoms with Gasteiger partial charge in [0.05, 0.1) is 11.7 Å². The van der Waals surface area contributed by atoms with Gasteiger partial charge in [-0.15, -0.1) is 0 Å². The molecule has 0 aliphatic heterocycles. The van der Waals surface area contributed by atoms with Crippen LogP contribution >= 0.6 is 0 Å². The third-order valence-electron chi connectivity index (χ3n) is 3.75. The Kier molecular flexibility index (Phi) is 3.58. The van der Waals surface area contributed by atoms with E-state index in [-0.39, 0.29) is 18.1 Å². The number of nitrogens with zero attached hydrogens (tertiary/aromatic N) is 1. The summed E-state index contributed by atoms with van der Waals surface area (Å²) in [4.78, 5) is 11.1. The number of ether oxygens (including phenoxy) is 1. The van der Waals surface area contributed by atoms with Gasteiger partial charge < -0.3 is 10.1 Å². The maximum absolute atomic E-state index is 11.1. The number of carbonyl (C=O) groups excluding carboxylic acids is 1. The highest BCUT2D eigenvalue weighted by Crippen LogP contribution is 2.25. The van der Waals surface area contributed by atoms with E-state index in [4.69, 9.17) is 4.74 Å². The first-order valence-corrected chi connectivity index (χ1v) is 7.07. The van der Waals surface area contributed by atoms with Crippen LogP contribution in [0, 0.1) is 0 Å². The fourth-order valence-electron chi connectivity index (χ4n) is 2.86. The third kappa shape index (κ3) is 2.92. The molecule has 0 bridgehead atoms. The van der Waals surface area contributed by atoms with Crippen LogP contribution in [0.2, 0.25) is 0 Å². The number of benzene rings is 1. The topological polar surface area (TPSA) is 67.0 Å². The molecule has 0 radical (unpaired) electrons. The van der Waals surface area contributed by atoms with Gasteiger partial charge in [0.2, 0.25) is 5.91 Å². The van der Waals surface area contributed by atoms with Crippen LogP contribution in [0.4, 0.5) is 0 Å². The standard InChI is InChI=1S/C15H19N3O2/c1-10(19)17-12-3-2-4-13(8-12)20-14-5-6-15-11(7-14)9-16-18-15/h5-7,9,12-13H,2-4,8H2,1H3,(H,16,18)(H,17,19)/t12-,13-/m0/s1. The summed E-state index contributed by atoms with van der Waals surface area (Å²) in [5.74, 6) is 0.905. The van der Waals surface area contributed by atoms with Crippen LogP contribution < -0.4 is 10.1 Å². The first-order valence-electron chi connectivity index (χ1n) is 7.07. The summed E-state index contributed by atoms with van der Waals surface area (Å²) in [6.45, 7) is 1.57. The minimum atomic E-state index is 0.0375. The second-order valence-electron chi connectivity index (χ2n) is 5.42. The molecular formula is C15H19N3O2. The predicted octanol–water partition coefficient (Wildman–Crippen LogP) is 2.39. The van der Waals surface area contributed by atoms with Crippen molar-refractivity contribution in [2.24, 2.45) is 0 Å². The van der Waals surface area contributed by atoms with Gasteiger partial charge >= 0.3 is 0 Å². The highest BCUT2D eigenvalue weighted by molar-refractivity contribution is 5.79. The molecule has 5 heteroatoms. The van der Waals surface area contributed by atoms with Gasteiger partial charge in [0.15, 0.2) is 0 Å². The molecule has 1 amide bonds. The Morgan fingerprint density at radius 1 is 1.45 bits per heavy atom. The van der Waals surface area contributed by atoms with Crippen molar-refractivity contribution in [2.45, 2.75) is 44.8 Å². The van der Waals surface area contributed by atoms with Crippen molar-refractivity contribution in [1.82, 2.24) is 15.5 Å². The molecule has 2 atom stereocenters. The molecule has 1 aromatic heterocycles. The lowest BCUT2D eigenvalue weighted by Crippen LogP contribution is -2.40. The Labute approximate surface area is 117 Å². The quantitative estimate of drug-likeness (QED) is 0.902. The van der Waals surface area contributed by atoms with Gasteiger partial charge in [0.25, 0.3) is 0 Å². The van der Waals surface area contributed by atoms with Crippen molar-refractivity contribution in [3.8, 4) is 5.75 Å². The van der Waals surface area contributed by atoms with Crippen LogP contribution in [0.5, 0.6) is 5.75 Å². The van der Waals surface area contributed by atoms with E-state index >= 15 is 0 Å². The molecule has 2 aromatic rings. The molecule has 3 rings (SSSR count). The van der Waals surface area contributed by atoms with E-state index in [0.29, 0.717) is 0 Å². The van der Waals surface area contributed by atoms with E-state index in [9.17, 15) is 4.79 Å². The molecule has 1 fully saturated rings. The second-order valence-corrected chi connectivity index (χ2v) is 5.42. The summed E-state index contributed by atoms with van der Waals surface area (Å²) < 4.78 is 6.05. The van der Waals surface area contributed by atoms with Crippen LogP contribution in [-0.2, 0) is 4.79 Å². The summed E-state index contributed by atoms with van der Waals surface area (Å²) in [6, 6.07) is 6.18. The molecule has 1 aromatic carbocycles. The van der Waals surface area contributed by atoms with Gasteiger partial charge in [-0.2, -0.15) is 5.10 Å². The molecule has 106 valence electrons. The van der Waals surface area contributed by atoms with Gasteiger partial charge in [-0.05, 0) is 37.5 Å². The lowest BCUT2D eigenvalue weighted by atomic mass is 9.93. The van der Waals surface area contributed by atoms with E-state index in [1.165, 1.54) is 0 Å². The average molecular weight is 273 g/mol. The number of aromatic amines is 1. The SMILES string of the molecule is CC(=O)N[C@H]1CCC[C@H](Oc2ccc3[nH]ncc3c2)C1. The molecule has 5 nitrogen and oxygen atoms in total. The van der Waals surface area contributed by atoms with Gasteiger partial charge in [0.1, 0.15) is 11.9 Å². The molecule has 1 heterocycles. The molecule has 20 heavy (non-hydrogen) atoms. The zero-order valence-corrected chi connectivity index (χ0v) is 11.6. The fourth-order valence-corrected chi connectivity index (χ4v) is 2.86. The first kappa shape index (κ1) is 13.0. The maximum atomic E-state index is 11.1. The van der Waals surface area contributed by atoms with E-state index in [1.807, 2.05) is 18.2 Å². The number of hydrogen-bond donors (Lipinski definition) is 2. The van der Waals surface area contributed by atoms with E-state index in [2.05, 4.69) is 15.5 Å². The third-order valence-corrected chi connectivity index (χ3v) is 3.75. The van der Waals surface area contributed by atoms with Crippen LogP contribution in [0.25, 0.3) is 10.9 Å². The number of amides is 1. The van der Waals surface area contributed by atoms with Crippen molar-refractivity contribution in [3.05, 3.63) is 24.4 Å². The highest BCUT2D eigenvalue weighted by atomic mass is 16.5. The van der Waals surface area contributed by atoms with Crippen molar-refractivity contribution in [2.75, 3.05) is 0 Å². The smallest absolute Gasteiger partial charge is 0.217 e. The Bertz CT molecular complexity index is 608. The molecular weight excluding hydrogens is 254 g/mol. The number of aromatic nitrogens is 2. The number of carbonyl (C=O) groups is 1. The first-order chi connectivity index (χ1) is 9.70. The Balaban J connectivity index is 1.65. The Morgan fingerprint density at radius 2 is 2.35 bits per heavy atom. The minimum absolute atomic E-state index is 0.0375. The summed E-state index contributed by atoms with van der Waals surface area (Å²) in [7, 11) is 0. The fraction of sp³-hybridized carbons (Fsp3) is 0.467. The average Bonchev–Trinajstić information content (AvgIpc) is 2.85. The number of nitrogens with one attached hydrogen (secondary N) is 2. The van der Waals surface area contributed by atoms with Gasteiger partial charge in [-0.25, -0.2) is 0 Å². The van der Waals surface area contributed by atoms with Crippen molar-refractivity contribution in [1.29, 1.82) is 0 Å². The number of H-pyrrole nitrogens is 1. The number of hydrogen-bond acceptors (Lipinski definition) is 3. The molecule has 1 saturated carbocycles. The second kappa shape index (κ2) is 5.53. The van der Waals surface area contributed by atoms with Crippen LogP contribution in [0.1, 0.15) is 32.6 Å². The normalized spacial score (nSPS) is 22.6. The minimum Gasteiger partial charge on any atom is -0.490 e. The predicted molar refractivity (Wildman–Crippen MR) is 76.6 cm³/mol. The maximum Gasteiger partial charge on any atom is 0.217 e. The zero-order chi connectivity index (χ0) is 13.9. The highest BCUT2D eigenvalue weighted by Gasteiger charge is 2.23. The van der Waals surface area contributed by atoms with Crippen molar-refractivity contribution >= 4 is 16.8 Å². The van der Waals surface area contributed by atoms with Gasteiger partial charge in [-0.3, -0.25) is 9.89 Å². The summed E-state index contributed by atoms with van der Waals surface area (Å²) in [5, 5.41) is 11.0. The molecule has 2 N–H and O–H groups in total. The molecule has 0 spiro atoms. The Morgan fingerprint density at radius 3 is 3.20 bits per heavy atom. The monoisotopic (exact) mass is 273 g/mol. The van der Waals surface area contributed by atoms with Crippen molar-refractivity contribution < 1.29 is 9.53 Å². The molecule has 0 saturated heterocycles. The summed E-state index contributed by atoms with van der Waals surface area (Å²) in [5.41, 5.74) is 1.01.